The van der Waals surface area contributed by atoms with Gasteiger partial charge in [0.15, 0.2) is 6.61 Å². The number of ether oxygens (including phenoxy) is 2. The molecule has 0 saturated carbocycles. The first-order chi connectivity index (χ1) is 15.2. The van der Waals surface area contributed by atoms with Gasteiger partial charge in [-0.25, -0.2) is 4.79 Å². The van der Waals surface area contributed by atoms with Crippen LogP contribution in [0, 0.1) is 6.92 Å². The van der Waals surface area contributed by atoms with Crippen molar-refractivity contribution in [3.8, 4) is 5.75 Å². The summed E-state index contributed by atoms with van der Waals surface area (Å²) in [5, 5.41) is 3.03. The van der Waals surface area contributed by atoms with Gasteiger partial charge in [0, 0.05) is 19.1 Å². The monoisotopic (exact) mass is 438 g/mol. The molecule has 0 spiro atoms. The fraction of sp³-hybridized carbons (Fsp3) is 0.462. The lowest BCUT2D eigenvalue weighted by atomic mass is 9.85. The van der Waals surface area contributed by atoms with Crippen molar-refractivity contribution >= 4 is 12.0 Å². The van der Waals surface area contributed by atoms with Gasteiger partial charge < -0.3 is 19.7 Å². The number of likely N-dealkylation sites (tertiary alicyclic amines) is 1. The molecular formula is C26H34N2O4. The molecule has 2 aromatic carbocycles. The standard InChI is InChI=1S/C26H34N2O4/c1-19-10-11-23(22(16-19)26(2,3)4)31-18-24(29)27-21-12-14-28(15-13-21)25(30)32-17-20-8-6-5-7-9-20/h5-11,16,21H,12-15,17-18H2,1-4H3,(H,27,29). The molecule has 0 aliphatic carbocycles. The predicted molar refractivity (Wildman–Crippen MR) is 125 cm³/mol. The maximum absolute atomic E-state index is 12.4. The van der Waals surface area contributed by atoms with Crippen molar-refractivity contribution in [3.63, 3.8) is 0 Å². The highest BCUT2D eigenvalue weighted by molar-refractivity contribution is 5.78. The lowest BCUT2D eigenvalue weighted by Gasteiger charge is -2.31. The molecule has 0 atom stereocenters. The Morgan fingerprint density at radius 3 is 2.41 bits per heavy atom. The van der Waals surface area contributed by atoms with Gasteiger partial charge in [-0.2, -0.15) is 0 Å². The summed E-state index contributed by atoms with van der Waals surface area (Å²) in [6, 6.07) is 15.7. The van der Waals surface area contributed by atoms with E-state index in [-0.39, 0.29) is 36.7 Å². The van der Waals surface area contributed by atoms with Gasteiger partial charge in [-0.05, 0) is 42.4 Å². The van der Waals surface area contributed by atoms with Crippen LogP contribution in [0.2, 0.25) is 0 Å². The van der Waals surface area contributed by atoms with E-state index in [1.165, 1.54) is 5.56 Å². The molecule has 172 valence electrons. The number of hydrogen-bond donors (Lipinski definition) is 1. The molecule has 2 aromatic rings. The van der Waals surface area contributed by atoms with Crippen LogP contribution in [-0.4, -0.2) is 42.6 Å². The van der Waals surface area contributed by atoms with E-state index in [1.54, 1.807) is 4.90 Å². The molecular weight excluding hydrogens is 404 g/mol. The first-order valence-electron chi connectivity index (χ1n) is 11.2. The van der Waals surface area contributed by atoms with Gasteiger partial charge >= 0.3 is 6.09 Å². The summed E-state index contributed by atoms with van der Waals surface area (Å²) in [5.41, 5.74) is 3.15. The molecule has 0 radical (unpaired) electrons. The van der Waals surface area contributed by atoms with Crippen LogP contribution in [-0.2, 0) is 21.6 Å². The van der Waals surface area contributed by atoms with E-state index in [0.29, 0.717) is 25.9 Å². The third kappa shape index (κ3) is 6.74. The number of piperidine rings is 1. The van der Waals surface area contributed by atoms with Crippen LogP contribution in [0.3, 0.4) is 0 Å². The Kier molecular flexibility index (Phi) is 7.78. The number of carbonyl (C=O) groups excluding carboxylic acids is 2. The zero-order valence-electron chi connectivity index (χ0n) is 19.5. The van der Waals surface area contributed by atoms with Gasteiger partial charge in [0.1, 0.15) is 12.4 Å². The van der Waals surface area contributed by atoms with Gasteiger partial charge in [0.05, 0.1) is 0 Å². The highest BCUT2D eigenvalue weighted by atomic mass is 16.6. The van der Waals surface area contributed by atoms with E-state index in [1.807, 2.05) is 42.5 Å². The summed E-state index contributed by atoms with van der Waals surface area (Å²) < 4.78 is 11.3. The van der Waals surface area contributed by atoms with Crippen molar-refractivity contribution in [2.75, 3.05) is 19.7 Å². The number of hydrogen-bond acceptors (Lipinski definition) is 4. The zero-order valence-corrected chi connectivity index (χ0v) is 19.5. The Morgan fingerprint density at radius 2 is 1.75 bits per heavy atom. The molecule has 1 aliphatic heterocycles. The second kappa shape index (κ2) is 10.5. The van der Waals surface area contributed by atoms with Crippen molar-refractivity contribution in [1.82, 2.24) is 10.2 Å². The summed E-state index contributed by atoms with van der Waals surface area (Å²) in [6.45, 7) is 9.81. The third-order valence-corrected chi connectivity index (χ3v) is 5.63. The normalized spacial score (nSPS) is 14.7. The fourth-order valence-corrected chi connectivity index (χ4v) is 3.79. The van der Waals surface area contributed by atoms with Gasteiger partial charge in [0.25, 0.3) is 5.91 Å². The third-order valence-electron chi connectivity index (χ3n) is 5.63. The summed E-state index contributed by atoms with van der Waals surface area (Å²) in [6.07, 6.45) is 1.09. The Bertz CT molecular complexity index is 913. The van der Waals surface area contributed by atoms with Crippen LogP contribution in [0.1, 0.15) is 50.3 Å². The van der Waals surface area contributed by atoms with Crippen LogP contribution in [0.15, 0.2) is 48.5 Å². The van der Waals surface area contributed by atoms with Crippen LogP contribution in [0.25, 0.3) is 0 Å². The Hall–Kier alpha value is -3.02. The minimum absolute atomic E-state index is 0.0223. The Balaban J connectivity index is 1.42. The molecule has 32 heavy (non-hydrogen) atoms. The topological polar surface area (TPSA) is 67.9 Å². The van der Waals surface area contributed by atoms with Gasteiger partial charge in [-0.1, -0.05) is 68.8 Å². The molecule has 1 aliphatic rings. The summed E-state index contributed by atoms with van der Waals surface area (Å²) >= 11 is 0. The second-order valence-electron chi connectivity index (χ2n) is 9.41. The first-order valence-corrected chi connectivity index (χ1v) is 11.2. The van der Waals surface area contributed by atoms with Gasteiger partial charge in [0.2, 0.25) is 0 Å². The summed E-state index contributed by atoms with van der Waals surface area (Å²) in [7, 11) is 0. The maximum Gasteiger partial charge on any atom is 0.410 e. The fourth-order valence-electron chi connectivity index (χ4n) is 3.79. The van der Waals surface area contributed by atoms with Crippen LogP contribution < -0.4 is 10.1 Å². The highest BCUT2D eigenvalue weighted by Crippen LogP contribution is 2.32. The smallest absolute Gasteiger partial charge is 0.410 e. The van der Waals surface area contributed by atoms with E-state index in [4.69, 9.17) is 9.47 Å². The Labute approximate surface area is 190 Å². The largest absolute Gasteiger partial charge is 0.483 e. The molecule has 0 unspecified atom stereocenters. The predicted octanol–water partition coefficient (Wildman–Crippen LogP) is 4.59. The number of nitrogens with one attached hydrogen (secondary N) is 1. The van der Waals surface area contributed by atoms with Crippen molar-refractivity contribution < 1.29 is 19.1 Å². The lowest BCUT2D eigenvalue weighted by molar-refractivity contribution is -0.124. The van der Waals surface area contributed by atoms with Crippen molar-refractivity contribution in [3.05, 3.63) is 65.2 Å². The molecule has 1 N–H and O–H groups in total. The zero-order chi connectivity index (χ0) is 23.1. The number of rotatable bonds is 6. The highest BCUT2D eigenvalue weighted by Gasteiger charge is 2.25. The van der Waals surface area contributed by atoms with Gasteiger partial charge in [-0.3, -0.25) is 4.79 Å². The summed E-state index contributed by atoms with van der Waals surface area (Å²) in [4.78, 5) is 26.4. The van der Waals surface area contributed by atoms with Crippen molar-refractivity contribution in [2.45, 2.75) is 58.6 Å². The van der Waals surface area contributed by atoms with Crippen molar-refractivity contribution in [1.29, 1.82) is 0 Å². The molecule has 1 saturated heterocycles. The summed E-state index contributed by atoms with van der Waals surface area (Å²) in [5.74, 6) is 0.602. The maximum atomic E-state index is 12.4. The molecule has 3 rings (SSSR count). The number of nitrogens with zero attached hydrogens (tertiary/aromatic N) is 1. The molecule has 0 aromatic heterocycles. The van der Waals surface area contributed by atoms with Crippen LogP contribution in [0.4, 0.5) is 4.79 Å². The van der Waals surface area contributed by atoms with Crippen LogP contribution >= 0.6 is 0 Å². The minimum atomic E-state index is -0.309. The first kappa shape index (κ1) is 23.6. The van der Waals surface area contributed by atoms with Gasteiger partial charge in [-0.15, -0.1) is 0 Å². The molecule has 6 nitrogen and oxygen atoms in total. The van der Waals surface area contributed by atoms with E-state index >= 15 is 0 Å². The minimum Gasteiger partial charge on any atom is -0.483 e. The lowest BCUT2D eigenvalue weighted by Crippen LogP contribution is -2.47. The second-order valence-corrected chi connectivity index (χ2v) is 9.41. The molecule has 2 amide bonds. The Morgan fingerprint density at radius 1 is 1.06 bits per heavy atom. The molecule has 6 heteroatoms. The number of benzene rings is 2. The number of aryl methyl sites for hydroxylation is 1. The quantitative estimate of drug-likeness (QED) is 0.716. The number of carbonyl (C=O) groups is 2. The van der Waals surface area contributed by atoms with E-state index in [9.17, 15) is 9.59 Å². The average Bonchev–Trinajstić information content (AvgIpc) is 2.77. The SMILES string of the molecule is Cc1ccc(OCC(=O)NC2CCN(C(=O)OCc3ccccc3)CC2)c(C(C)(C)C)c1. The van der Waals surface area contributed by atoms with E-state index in [2.05, 4.69) is 39.1 Å². The molecule has 1 fully saturated rings. The molecule has 1 heterocycles. The van der Waals surface area contributed by atoms with Crippen LogP contribution in [0.5, 0.6) is 5.75 Å². The van der Waals surface area contributed by atoms with E-state index < -0.39 is 0 Å². The average molecular weight is 439 g/mol. The molecule has 0 bridgehead atoms. The number of amides is 2. The van der Waals surface area contributed by atoms with E-state index in [0.717, 1.165) is 16.9 Å². The van der Waals surface area contributed by atoms with Crippen molar-refractivity contribution in [2.24, 2.45) is 0 Å².